The van der Waals surface area contributed by atoms with Gasteiger partial charge in [0.2, 0.25) is 5.91 Å². The molecule has 1 rings (SSSR count). The van der Waals surface area contributed by atoms with Gasteiger partial charge in [-0.05, 0) is 50.6 Å². The average Bonchev–Trinajstić information content (AvgIpc) is 2.43. The molecule has 2 unspecified atom stereocenters. The SMILES string of the molecule is CCCOCCCNC(=O)CC(C)C1CCCNC1. The maximum Gasteiger partial charge on any atom is 0.220 e. The summed E-state index contributed by atoms with van der Waals surface area (Å²) in [4.78, 5) is 11.8. The minimum atomic E-state index is 0.188. The maximum atomic E-state index is 11.8. The lowest BCUT2D eigenvalue weighted by Gasteiger charge is -2.28. The van der Waals surface area contributed by atoms with Crippen molar-refractivity contribution in [2.45, 2.75) is 46.0 Å². The van der Waals surface area contributed by atoms with Crippen LogP contribution in [0.3, 0.4) is 0 Å². The van der Waals surface area contributed by atoms with Crippen molar-refractivity contribution in [3.63, 3.8) is 0 Å². The van der Waals surface area contributed by atoms with Crippen LogP contribution in [0.25, 0.3) is 0 Å². The number of nitrogens with one attached hydrogen (secondary N) is 2. The van der Waals surface area contributed by atoms with E-state index in [1.54, 1.807) is 0 Å². The Bertz CT molecular complexity index is 240. The molecule has 1 saturated heterocycles. The van der Waals surface area contributed by atoms with Crippen LogP contribution >= 0.6 is 0 Å². The molecule has 0 aromatic carbocycles. The van der Waals surface area contributed by atoms with Crippen LogP contribution in [0.5, 0.6) is 0 Å². The van der Waals surface area contributed by atoms with E-state index in [9.17, 15) is 4.79 Å². The molecule has 0 radical (unpaired) electrons. The van der Waals surface area contributed by atoms with E-state index >= 15 is 0 Å². The van der Waals surface area contributed by atoms with Crippen LogP contribution in [0.15, 0.2) is 0 Å². The summed E-state index contributed by atoms with van der Waals surface area (Å²) in [5, 5.41) is 6.40. The van der Waals surface area contributed by atoms with E-state index < -0.39 is 0 Å². The van der Waals surface area contributed by atoms with Crippen LogP contribution in [0, 0.1) is 11.8 Å². The number of piperidine rings is 1. The van der Waals surface area contributed by atoms with Gasteiger partial charge < -0.3 is 15.4 Å². The van der Waals surface area contributed by atoms with Gasteiger partial charge in [-0.1, -0.05) is 13.8 Å². The molecule has 0 bridgehead atoms. The highest BCUT2D eigenvalue weighted by molar-refractivity contribution is 5.76. The molecule has 1 heterocycles. The second kappa shape index (κ2) is 10.2. The molecule has 1 aliphatic heterocycles. The standard InChI is InChI=1S/C15H30N2O2/c1-3-9-19-10-5-8-17-15(18)11-13(2)14-6-4-7-16-12-14/h13-14,16H,3-12H2,1-2H3,(H,17,18). The number of carbonyl (C=O) groups is 1. The summed E-state index contributed by atoms with van der Waals surface area (Å²) >= 11 is 0. The molecular formula is C15H30N2O2. The first-order chi connectivity index (χ1) is 9.24. The molecule has 4 nitrogen and oxygen atoms in total. The van der Waals surface area contributed by atoms with Crippen LogP contribution in [0.1, 0.15) is 46.0 Å². The Labute approximate surface area is 117 Å². The first-order valence-corrected chi connectivity index (χ1v) is 7.79. The zero-order valence-electron chi connectivity index (χ0n) is 12.5. The van der Waals surface area contributed by atoms with Gasteiger partial charge in [-0.2, -0.15) is 0 Å². The zero-order chi connectivity index (χ0) is 13.9. The van der Waals surface area contributed by atoms with Gasteiger partial charge in [0.05, 0.1) is 0 Å². The van der Waals surface area contributed by atoms with E-state index in [1.165, 1.54) is 12.8 Å². The minimum absolute atomic E-state index is 0.188. The lowest BCUT2D eigenvalue weighted by molar-refractivity contribution is -0.122. The topological polar surface area (TPSA) is 50.4 Å². The third-order valence-corrected chi connectivity index (χ3v) is 3.78. The predicted molar refractivity (Wildman–Crippen MR) is 78.1 cm³/mol. The summed E-state index contributed by atoms with van der Waals surface area (Å²) in [7, 11) is 0. The largest absolute Gasteiger partial charge is 0.381 e. The van der Waals surface area contributed by atoms with Crippen molar-refractivity contribution in [1.82, 2.24) is 10.6 Å². The van der Waals surface area contributed by atoms with Gasteiger partial charge in [0.1, 0.15) is 0 Å². The van der Waals surface area contributed by atoms with E-state index in [0.29, 0.717) is 18.3 Å². The number of rotatable bonds is 9. The molecule has 2 N–H and O–H groups in total. The molecule has 2 atom stereocenters. The molecule has 4 heteroatoms. The smallest absolute Gasteiger partial charge is 0.220 e. The van der Waals surface area contributed by atoms with E-state index in [1.807, 2.05) is 0 Å². The number of hydrogen-bond donors (Lipinski definition) is 2. The summed E-state index contributed by atoms with van der Waals surface area (Å²) in [6.45, 7) is 8.80. The van der Waals surface area contributed by atoms with Crippen LogP contribution < -0.4 is 10.6 Å². The van der Waals surface area contributed by atoms with Crippen LogP contribution in [0.4, 0.5) is 0 Å². The molecule has 19 heavy (non-hydrogen) atoms. The Balaban J connectivity index is 2.02. The van der Waals surface area contributed by atoms with Crippen molar-refractivity contribution in [3.05, 3.63) is 0 Å². The molecule has 0 aliphatic carbocycles. The van der Waals surface area contributed by atoms with Crippen molar-refractivity contribution in [2.75, 3.05) is 32.8 Å². The molecule has 0 aromatic rings. The van der Waals surface area contributed by atoms with Crippen molar-refractivity contribution in [2.24, 2.45) is 11.8 Å². The van der Waals surface area contributed by atoms with Gasteiger partial charge in [-0.15, -0.1) is 0 Å². The van der Waals surface area contributed by atoms with Gasteiger partial charge in [-0.3, -0.25) is 4.79 Å². The Morgan fingerprint density at radius 1 is 1.47 bits per heavy atom. The van der Waals surface area contributed by atoms with E-state index in [-0.39, 0.29) is 5.91 Å². The normalized spacial score (nSPS) is 21.1. The molecule has 1 fully saturated rings. The lowest BCUT2D eigenvalue weighted by atomic mass is 9.85. The van der Waals surface area contributed by atoms with Gasteiger partial charge >= 0.3 is 0 Å². The van der Waals surface area contributed by atoms with E-state index in [2.05, 4.69) is 24.5 Å². The molecule has 1 amide bonds. The number of amides is 1. The Morgan fingerprint density at radius 2 is 2.32 bits per heavy atom. The fourth-order valence-electron chi connectivity index (χ4n) is 2.54. The van der Waals surface area contributed by atoms with Gasteiger partial charge in [0.25, 0.3) is 0 Å². The van der Waals surface area contributed by atoms with Gasteiger partial charge in [0.15, 0.2) is 0 Å². The Kier molecular flexibility index (Phi) is 8.84. The highest BCUT2D eigenvalue weighted by atomic mass is 16.5. The van der Waals surface area contributed by atoms with Gasteiger partial charge in [0, 0.05) is 26.2 Å². The van der Waals surface area contributed by atoms with Gasteiger partial charge in [-0.25, -0.2) is 0 Å². The molecule has 0 aromatic heterocycles. The Hall–Kier alpha value is -0.610. The summed E-state index contributed by atoms with van der Waals surface area (Å²) < 4.78 is 5.38. The van der Waals surface area contributed by atoms with E-state index in [0.717, 1.165) is 45.7 Å². The highest BCUT2D eigenvalue weighted by Gasteiger charge is 2.21. The van der Waals surface area contributed by atoms with E-state index in [4.69, 9.17) is 4.74 Å². The lowest BCUT2D eigenvalue weighted by Crippen LogP contribution is -2.35. The third kappa shape index (κ3) is 7.53. The summed E-state index contributed by atoms with van der Waals surface area (Å²) in [5.41, 5.74) is 0. The highest BCUT2D eigenvalue weighted by Crippen LogP contribution is 2.22. The summed E-state index contributed by atoms with van der Waals surface area (Å²) in [5.74, 6) is 1.32. The molecule has 0 spiro atoms. The first kappa shape index (κ1) is 16.4. The summed E-state index contributed by atoms with van der Waals surface area (Å²) in [6, 6.07) is 0. The maximum absolute atomic E-state index is 11.8. The Morgan fingerprint density at radius 3 is 3.00 bits per heavy atom. The second-order valence-electron chi connectivity index (χ2n) is 5.60. The fourth-order valence-corrected chi connectivity index (χ4v) is 2.54. The molecule has 112 valence electrons. The van der Waals surface area contributed by atoms with Crippen LogP contribution in [-0.4, -0.2) is 38.8 Å². The average molecular weight is 270 g/mol. The van der Waals surface area contributed by atoms with Crippen molar-refractivity contribution < 1.29 is 9.53 Å². The fraction of sp³-hybridized carbons (Fsp3) is 0.933. The van der Waals surface area contributed by atoms with Crippen molar-refractivity contribution in [3.8, 4) is 0 Å². The quantitative estimate of drug-likeness (QED) is 0.630. The number of carbonyl (C=O) groups excluding carboxylic acids is 1. The molecule has 1 aliphatic rings. The summed E-state index contributed by atoms with van der Waals surface area (Å²) in [6.07, 6.45) is 5.12. The third-order valence-electron chi connectivity index (χ3n) is 3.78. The van der Waals surface area contributed by atoms with Crippen molar-refractivity contribution >= 4 is 5.91 Å². The molecular weight excluding hydrogens is 240 g/mol. The zero-order valence-corrected chi connectivity index (χ0v) is 12.5. The van der Waals surface area contributed by atoms with Crippen LogP contribution in [0.2, 0.25) is 0 Å². The second-order valence-corrected chi connectivity index (χ2v) is 5.60. The number of hydrogen-bond acceptors (Lipinski definition) is 3. The van der Waals surface area contributed by atoms with Crippen molar-refractivity contribution in [1.29, 1.82) is 0 Å². The minimum Gasteiger partial charge on any atom is -0.381 e. The first-order valence-electron chi connectivity index (χ1n) is 7.79. The monoisotopic (exact) mass is 270 g/mol. The molecule has 0 saturated carbocycles. The number of ether oxygens (including phenoxy) is 1. The van der Waals surface area contributed by atoms with Crippen LogP contribution in [-0.2, 0) is 9.53 Å². The predicted octanol–water partition coefficient (Wildman–Crippen LogP) is 1.95.